The summed E-state index contributed by atoms with van der Waals surface area (Å²) in [4.78, 5) is 74.7. The molecule has 0 saturated carbocycles. The summed E-state index contributed by atoms with van der Waals surface area (Å²) in [6.45, 7) is 8.02. The maximum Gasteiger partial charge on any atom is 0.446 e. The summed E-state index contributed by atoms with van der Waals surface area (Å²) in [5, 5.41) is 2.99. The number of rotatable bonds is 10. The van der Waals surface area contributed by atoms with Gasteiger partial charge in [0.1, 0.15) is 16.9 Å². The average Bonchev–Trinajstić information content (AvgIpc) is 3.58. The summed E-state index contributed by atoms with van der Waals surface area (Å²) in [6.07, 6.45) is 3.02. The summed E-state index contributed by atoms with van der Waals surface area (Å²) in [5.41, 5.74) is -2.53. The molecule has 3 aliphatic heterocycles. The number of carbonyl (C=O) groups is 4. The van der Waals surface area contributed by atoms with Crippen LogP contribution < -0.4 is 20.0 Å². The van der Waals surface area contributed by atoms with Gasteiger partial charge in [0.2, 0.25) is 0 Å². The summed E-state index contributed by atoms with van der Waals surface area (Å²) in [7, 11) is 0. The molecule has 0 radical (unpaired) electrons. The lowest BCUT2D eigenvalue weighted by molar-refractivity contribution is -0.123. The van der Waals surface area contributed by atoms with Crippen molar-refractivity contribution in [1.82, 2.24) is 25.1 Å². The van der Waals surface area contributed by atoms with E-state index in [1.165, 1.54) is 36.7 Å². The van der Waals surface area contributed by atoms with Gasteiger partial charge >= 0.3 is 11.5 Å². The van der Waals surface area contributed by atoms with Crippen molar-refractivity contribution in [2.45, 2.75) is 41.6 Å². The van der Waals surface area contributed by atoms with Gasteiger partial charge in [-0.25, -0.2) is 9.69 Å². The van der Waals surface area contributed by atoms with E-state index in [1.807, 2.05) is 60.7 Å². The number of urea groups is 1. The number of para-hydroxylation sites is 2. The van der Waals surface area contributed by atoms with Crippen molar-refractivity contribution in [2.75, 3.05) is 67.1 Å². The molecule has 0 spiro atoms. The van der Waals surface area contributed by atoms with Crippen LogP contribution in [0.4, 0.5) is 35.0 Å². The Kier molecular flexibility index (Phi) is 11.9. The average molecular weight is 863 g/mol. The van der Waals surface area contributed by atoms with Gasteiger partial charge in [-0.15, -0.1) is 0 Å². The third-order valence-corrected chi connectivity index (χ3v) is 12.9. The van der Waals surface area contributed by atoms with Crippen LogP contribution in [0.1, 0.15) is 57.8 Å². The molecule has 0 bridgehead atoms. The van der Waals surface area contributed by atoms with Crippen molar-refractivity contribution < 1.29 is 32.3 Å². The van der Waals surface area contributed by atoms with Crippen LogP contribution in [-0.2, 0) is 4.79 Å². The van der Waals surface area contributed by atoms with Gasteiger partial charge in [0.05, 0.1) is 5.69 Å². The number of nitrogens with one attached hydrogen (secondary N) is 1. The first-order valence-corrected chi connectivity index (χ1v) is 21.3. The quantitative estimate of drug-likeness (QED) is 0.113. The van der Waals surface area contributed by atoms with E-state index in [1.54, 1.807) is 47.9 Å². The lowest BCUT2D eigenvalue weighted by Gasteiger charge is -2.39. The van der Waals surface area contributed by atoms with E-state index >= 15 is 4.79 Å². The number of pyridine rings is 2. The Bertz CT molecular complexity index is 2310. The minimum atomic E-state index is -4.52. The van der Waals surface area contributed by atoms with Gasteiger partial charge in [-0.2, -0.15) is 13.2 Å². The van der Waals surface area contributed by atoms with Gasteiger partial charge in [0.15, 0.2) is 0 Å². The highest BCUT2D eigenvalue weighted by Crippen LogP contribution is 2.45. The Morgan fingerprint density at radius 2 is 1.06 bits per heavy atom. The zero-order valence-electron chi connectivity index (χ0n) is 34.2. The number of halogens is 3. The van der Waals surface area contributed by atoms with Crippen molar-refractivity contribution in [2.24, 2.45) is 0 Å². The third-order valence-electron chi connectivity index (χ3n) is 12.2. The van der Waals surface area contributed by atoms with Crippen LogP contribution in [-0.4, -0.2) is 107 Å². The number of piperazine rings is 2. The second-order valence-electron chi connectivity index (χ2n) is 15.6. The predicted octanol–water partition coefficient (Wildman–Crippen LogP) is 7.42. The number of nitrogens with zero attached hydrogens (tertiary/aromatic N) is 7. The minimum absolute atomic E-state index is 0.0841. The number of aromatic nitrogens is 2. The number of alkyl halides is 3. The molecule has 3 aliphatic rings. The SMILES string of the molecule is CC(c1ccnc(C(=O)N2CCN(c3ccccc3)CC2)c1)C1(C(C)c2ccnc(C(=O)N3CCN(c4ccccc4)CC3)c2)NC(=O)N(c2ccc(SC(F)(F)F)cc2)C1=O. The maximum atomic E-state index is 15.1. The molecule has 5 heterocycles. The zero-order chi connectivity index (χ0) is 43.6. The first kappa shape index (κ1) is 42.3. The molecule has 5 aromatic rings. The molecule has 3 fully saturated rings. The summed E-state index contributed by atoms with van der Waals surface area (Å²) >= 11 is -0.299. The lowest BCUT2D eigenvalue weighted by Crippen LogP contribution is -2.55. The fraction of sp³-hybridized carbons (Fsp3) is 0.304. The number of anilines is 3. The number of hydrogen-bond donors (Lipinski definition) is 1. The fourth-order valence-corrected chi connectivity index (χ4v) is 9.23. The second-order valence-corrected chi connectivity index (χ2v) is 16.7. The van der Waals surface area contributed by atoms with Crippen molar-refractivity contribution in [3.05, 3.63) is 144 Å². The van der Waals surface area contributed by atoms with Crippen LogP contribution in [0, 0.1) is 0 Å². The molecule has 320 valence electrons. The van der Waals surface area contributed by atoms with E-state index in [0.717, 1.165) is 16.3 Å². The number of thioether (sulfide) groups is 1. The normalized spacial score (nSPS) is 19.3. The van der Waals surface area contributed by atoms with Gasteiger partial charge in [-0.1, -0.05) is 50.2 Å². The Hall–Kier alpha value is -6.42. The molecule has 16 heteroatoms. The lowest BCUT2D eigenvalue weighted by atomic mass is 9.69. The van der Waals surface area contributed by atoms with E-state index < -0.39 is 34.8 Å². The number of carbonyl (C=O) groups excluding carboxylic acids is 4. The molecule has 3 saturated heterocycles. The monoisotopic (exact) mass is 862 g/mol. The van der Waals surface area contributed by atoms with Crippen LogP contribution in [0.15, 0.2) is 126 Å². The van der Waals surface area contributed by atoms with Crippen LogP contribution in [0.25, 0.3) is 0 Å². The molecular formula is C46H45F3N8O4S. The Balaban J connectivity index is 1.08. The van der Waals surface area contributed by atoms with Gasteiger partial charge in [0.25, 0.3) is 17.7 Å². The summed E-state index contributed by atoms with van der Waals surface area (Å²) in [5.74, 6) is -2.77. The summed E-state index contributed by atoms with van der Waals surface area (Å²) < 4.78 is 39.5. The predicted molar refractivity (Wildman–Crippen MR) is 232 cm³/mol. The molecule has 5 amide bonds. The zero-order valence-corrected chi connectivity index (χ0v) is 35.0. The molecule has 0 aliphatic carbocycles. The first-order chi connectivity index (χ1) is 29.8. The largest absolute Gasteiger partial charge is 0.446 e. The van der Waals surface area contributed by atoms with E-state index in [4.69, 9.17) is 0 Å². The van der Waals surface area contributed by atoms with Crippen LogP contribution in [0.2, 0.25) is 0 Å². The van der Waals surface area contributed by atoms with E-state index in [9.17, 15) is 27.6 Å². The van der Waals surface area contributed by atoms with Crippen molar-refractivity contribution in [1.29, 1.82) is 0 Å². The molecule has 62 heavy (non-hydrogen) atoms. The van der Waals surface area contributed by atoms with Gasteiger partial charge in [0, 0.05) is 92.9 Å². The Labute approximate surface area is 361 Å². The number of amides is 5. The second kappa shape index (κ2) is 17.5. The number of benzene rings is 3. The molecule has 3 aromatic carbocycles. The van der Waals surface area contributed by atoms with Crippen LogP contribution in [0.3, 0.4) is 0 Å². The van der Waals surface area contributed by atoms with E-state index in [-0.39, 0.29) is 45.5 Å². The molecule has 2 aromatic heterocycles. The molecule has 1 N–H and O–H groups in total. The first-order valence-electron chi connectivity index (χ1n) is 20.5. The van der Waals surface area contributed by atoms with Gasteiger partial charge < -0.3 is 24.9 Å². The van der Waals surface area contributed by atoms with E-state index in [2.05, 4.69) is 25.1 Å². The van der Waals surface area contributed by atoms with Crippen molar-refractivity contribution in [3.63, 3.8) is 0 Å². The minimum Gasteiger partial charge on any atom is -0.368 e. The highest BCUT2D eigenvalue weighted by molar-refractivity contribution is 8.00. The highest BCUT2D eigenvalue weighted by Gasteiger charge is 2.59. The molecule has 2 atom stereocenters. The van der Waals surface area contributed by atoms with Crippen LogP contribution >= 0.6 is 11.8 Å². The highest BCUT2D eigenvalue weighted by atomic mass is 32.2. The smallest absolute Gasteiger partial charge is 0.368 e. The Morgan fingerprint density at radius 3 is 1.48 bits per heavy atom. The molecule has 12 nitrogen and oxygen atoms in total. The van der Waals surface area contributed by atoms with Crippen LogP contribution in [0.5, 0.6) is 0 Å². The standard InChI is InChI=1S/C46H45F3N8O4S/c1-31(33-17-19-50-39(29-33)41(58)55-25-21-53(22-26-55)35-9-5-3-6-10-35)45(43(60)57(44(61)52-45)37-13-15-38(16-14-37)62-46(47,48)49)32(2)34-18-20-51-40(30-34)42(59)56-27-23-54(24-28-56)36-11-7-4-8-12-36/h3-20,29-32H,21-28H2,1-2H3,(H,52,61). The Morgan fingerprint density at radius 1 is 0.629 bits per heavy atom. The van der Waals surface area contributed by atoms with Gasteiger partial charge in [-0.05, 0) is 95.7 Å². The number of imide groups is 1. The summed E-state index contributed by atoms with van der Waals surface area (Å²) in [6, 6.07) is 30.9. The van der Waals surface area contributed by atoms with Crippen molar-refractivity contribution in [3.8, 4) is 0 Å². The molecular weight excluding hydrogens is 818 g/mol. The van der Waals surface area contributed by atoms with Crippen molar-refractivity contribution >= 4 is 52.6 Å². The number of hydrogen-bond acceptors (Lipinski definition) is 9. The molecule has 8 rings (SSSR count). The maximum absolute atomic E-state index is 15.1. The topological polar surface area (TPSA) is 122 Å². The van der Waals surface area contributed by atoms with E-state index in [0.29, 0.717) is 63.5 Å². The fourth-order valence-electron chi connectivity index (χ4n) is 8.69. The third kappa shape index (κ3) is 8.56. The van der Waals surface area contributed by atoms with Gasteiger partial charge in [-0.3, -0.25) is 24.4 Å². The molecule has 2 unspecified atom stereocenters.